The van der Waals surface area contributed by atoms with E-state index in [1.54, 1.807) is 0 Å². The topological polar surface area (TPSA) is 67.6 Å². The molecular formula is C14H27N3O2. The zero-order valence-corrected chi connectivity index (χ0v) is 12.2. The normalized spacial score (nSPS) is 28.2. The second kappa shape index (κ2) is 6.20. The molecule has 5 heteroatoms. The monoisotopic (exact) mass is 269 g/mol. The van der Waals surface area contributed by atoms with E-state index in [0.717, 1.165) is 13.2 Å². The van der Waals surface area contributed by atoms with E-state index in [1.165, 1.54) is 19.4 Å². The number of hydrogen-bond acceptors (Lipinski definition) is 4. The Morgan fingerprint density at radius 1 is 1.47 bits per heavy atom. The third-order valence-electron chi connectivity index (χ3n) is 4.67. The maximum Gasteiger partial charge on any atom is 0.240 e. The number of morpholine rings is 1. The van der Waals surface area contributed by atoms with Crippen LogP contribution in [0.15, 0.2) is 0 Å². The molecule has 2 rings (SSSR count). The molecule has 2 unspecified atom stereocenters. The first-order valence-electron chi connectivity index (χ1n) is 7.52. The van der Waals surface area contributed by atoms with E-state index < -0.39 is 5.54 Å². The second-order valence-electron chi connectivity index (χ2n) is 5.82. The fraction of sp³-hybridized carbons (Fsp3) is 0.929. The van der Waals surface area contributed by atoms with E-state index in [1.807, 2.05) is 13.8 Å². The van der Waals surface area contributed by atoms with Gasteiger partial charge in [0.05, 0.1) is 18.2 Å². The Morgan fingerprint density at radius 3 is 2.89 bits per heavy atom. The highest BCUT2D eigenvalue weighted by molar-refractivity contribution is 5.85. The number of fused-ring (bicyclic) bond motifs is 1. The first-order chi connectivity index (χ1) is 9.09. The van der Waals surface area contributed by atoms with Gasteiger partial charge < -0.3 is 15.8 Å². The Morgan fingerprint density at radius 2 is 2.21 bits per heavy atom. The summed E-state index contributed by atoms with van der Waals surface area (Å²) in [6, 6.07) is 0.604. The van der Waals surface area contributed by atoms with Crippen molar-refractivity contribution >= 4 is 5.91 Å². The number of nitrogens with zero attached hydrogens (tertiary/aromatic N) is 1. The Bertz CT molecular complexity index is 318. The summed E-state index contributed by atoms with van der Waals surface area (Å²) in [5.74, 6) is -0.0513. The molecule has 110 valence electrons. The van der Waals surface area contributed by atoms with Crippen LogP contribution in [0.5, 0.6) is 0 Å². The molecule has 2 aliphatic rings. The minimum Gasteiger partial charge on any atom is -0.373 e. The lowest BCUT2D eigenvalue weighted by Gasteiger charge is -2.35. The zero-order valence-electron chi connectivity index (χ0n) is 12.2. The number of carbonyl (C=O) groups excluding carboxylic acids is 1. The number of carbonyl (C=O) groups is 1. The van der Waals surface area contributed by atoms with Gasteiger partial charge in [-0.1, -0.05) is 13.8 Å². The number of nitrogens with one attached hydrogen (secondary N) is 1. The molecule has 0 radical (unpaired) electrons. The molecule has 0 saturated carbocycles. The average molecular weight is 269 g/mol. The molecule has 2 aliphatic heterocycles. The molecule has 5 nitrogen and oxygen atoms in total. The van der Waals surface area contributed by atoms with Crippen LogP contribution in [0.4, 0.5) is 0 Å². The van der Waals surface area contributed by atoms with Crippen molar-refractivity contribution in [2.24, 2.45) is 5.73 Å². The summed E-state index contributed by atoms with van der Waals surface area (Å²) in [6.45, 7) is 7.38. The largest absolute Gasteiger partial charge is 0.373 e. The summed E-state index contributed by atoms with van der Waals surface area (Å²) in [5, 5.41) is 2.96. The lowest BCUT2D eigenvalue weighted by atomic mass is 9.93. The van der Waals surface area contributed by atoms with Crippen LogP contribution >= 0.6 is 0 Å². The number of amides is 1. The maximum absolute atomic E-state index is 12.1. The first-order valence-corrected chi connectivity index (χ1v) is 7.52. The van der Waals surface area contributed by atoms with Gasteiger partial charge in [-0.25, -0.2) is 0 Å². The number of hydrogen-bond donors (Lipinski definition) is 2. The molecule has 0 aromatic heterocycles. The highest BCUT2D eigenvalue weighted by Crippen LogP contribution is 2.22. The van der Waals surface area contributed by atoms with E-state index in [0.29, 0.717) is 25.4 Å². The standard InChI is InChI=1S/C14H27N3O2/c1-3-14(15,4-2)13(18)16-8-12-9-17-7-5-6-11(17)10-19-12/h11-12H,3-10,15H2,1-2H3,(H,16,18). The van der Waals surface area contributed by atoms with Gasteiger partial charge in [-0.3, -0.25) is 9.69 Å². The van der Waals surface area contributed by atoms with Gasteiger partial charge in [0, 0.05) is 19.1 Å². The minimum absolute atomic E-state index is 0.0513. The van der Waals surface area contributed by atoms with E-state index >= 15 is 0 Å². The summed E-state index contributed by atoms with van der Waals surface area (Å²) < 4.78 is 5.83. The summed E-state index contributed by atoms with van der Waals surface area (Å²) in [4.78, 5) is 14.6. The van der Waals surface area contributed by atoms with Gasteiger partial charge >= 0.3 is 0 Å². The second-order valence-corrected chi connectivity index (χ2v) is 5.82. The van der Waals surface area contributed by atoms with Gasteiger partial charge in [0.2, 0.25) is 5.91 Å². The molecule has 0 spiro atoms. The molecule has 2 atom stereocenters. The summed E-state index contributed by atoms with van der Waals surface area (Å²) in [7, 11) is 0. The van der Waals surface area contributed by atoms with Gasteiger partial charge in [0.1, 0.15) is 0 Å². The van der Waals surface area contributed by atoms with Crippen LogP contribution in [0.25, 0.3) is 0 Å². The Hall–Kier alpha value is -0.650. The fourth-order valence-corrected chi connectivity index (χ4v) is 2.96. The summed E-state index contributed by atoms with van der Waals surface area (Å²) in [6.07, 6.45) is 3.95. The van der Waals surface area contributed by atoms with Crippen molar-refractivity contribution in [3.05, 3.63) is 0 Å². The van der Waals surface area contributed by atoms with Gasteiger partial charge in [-0.2, -0.15) is 0 Å². The molecule has 3 N–H and O–H groups in total. The van der Waals surface area contributed by atoms with Crippen molar-refractivity contribution < 1.29 is 9.53 Å². The van der Waals surface area contributed by atoms with Gasteiger partial charge in [0.15, 0.2) is 0 Å². The molecule has 0 aromatic rings. The first kappa shape index (κ1) is 14.8. The molecule has 2 fully saturated rings. The van der Waals surface area contributed by atoms with E-state index in [2.05, 4.69) is 10.2 Å². The van der Waals surface area contributed by atoms with E-state index in [-0.39, 0.29) is 12.0 Å². The molecular weight excluding hydrogens is 242 g/mol. The number of rotatable bonds is 5. The SMILES string of the molecule is CCC(N)(CC)C(=O)NCC1CN2CCCC2CO1. The predicted molar refractivity (Wildman–Crippen MR) is 74.8 cm³/mol. The summed E-state index contributed by atoms with van der Waals surface area (Å²) >= 11 is 0. The molecule has 0 aliphatic carbocycles. The van der Waals surface area contributed by atoms with Gasteiger partial charge in [0.25, 0.3) is 0 Å². The third kappa shape index (κ3) is 3.27. The van der Waals surface area contributed by atoms with Gasteiger partial charge in [-0.15, -0.1) is 0 Å². The van der Waals surface area contributed by atoms with Crippen LogP contribution in [0.3, 0.4) is 0 Å². The van der Waals surface area contributed by atoms with Crippen LogP contribution in [-0.2, 0) is 9.53 Å². The van der Waals surface area contributed by atoms with Crippen molar-refractivity contribution in [3.8, 4) is 0 Å². The minimum atomic E-state index is -0.731. The molecule has 2 heterocycles. The van der Waals surface area contributed by atoms with Gasteiger partial charge in [-0.05, 0) is 32.2 Å². The van der Waals surface area contributed by atoms with Crippen molar-refractivity contribution in [1.29, 1.82) is 0 Å². The molecule has 2 saturated heterocycles. The molecule has 0 bridgehead atoms. The number of ether oxygens (including phenoxy) is 1. The average Bonchev–Trinajstić information content (AvgIpc) is 2.91. The summed E-state index contributed by atoms with van der Waals surface area (Å²) in [5.41, 5.74) is 5.35. The van der Waals surface area contributed by atoms with Crippen molar-refractivity contribution in [2.75, 3.05) is 26.2 Å². The zero-order chi connectivity index (χ0) is 13.9. The van der Waals surface area contributed by atoms with E-state index in [9.17, 15) is 4.79 Å². The molecule has 1 amide bonds. The fourth-order valence-electron chi connectivity index (χ4n) is 2.96. The predicted octanol–water partition coefficient (Wildman–Crippen LogP) is 0.483. The van der Waals surface area contributed by atoms with Crippen LogP contribution in [0.1, 0.15) is 39.5 Å². The van der Waals surface area contributed by atoms with Crippen LogP contribution in [0, 0.1) is 0 Å². The highest BCUT2D eigenvalue weighted by atomic mass is 16.5. The number of nitrogens with two attached hydrogens (primary N) is 1. The smallest absolute Gasteiger partial charge is 0.240 e. The Labute approximate surface area is 115 Å². The van der Waals surface area contributed by atoms with Crippen molar-refractivity contribution in [2.45, 2.75) is 57.2 Å². The van der Waals surface area contributed by atoms with Crippen LogP contribution < -0.4 is 11.1 Å². The van der Waals surface area contributed by atoms with Crippen LogP contribution in [0.2, 0.25) is 0 Å². The van der Waals surface area contributed by atoms with Crippen molar-refractivity contribution in [3.63, 3.8) is 0 Å². The molecule has 19 heavy (non-hydrogen) atoms. The Balaban J connectivity index is 1.78. The van der Waals surface area contributed by atoms with Crippen LogP contribution in [-0.4, -0.2) is 54.7 Å². The lowest BCUT2D eigenvalue weighted by Crippen LogP contribution is -2.56. The maximum atomic E-state index is 12.1. The van der Waals surface area contributed by atoms with Crippen molar-refractivity contribution in [1.82, 2.24) is 10.2 Å². The molecule has 0 aromatic carbocycles. The Kier molecular flexibility index (Phi) is 4.81. The van der Waals surface area contributed by atoms with E-state index in [4.69, 9.17) is 10.5 Å². The third-order valence-corrected chi connectivity index (χ3v) is 4.67. The lowest BCUT2D eigenvalue weighted by molar-refractivity contribution is -0.128. The quantitative estimate of drug-likeness (QED) is 0.762. The highest BCUT2D eigenvalue weighted by Gasteiger charge is 2.34.